The van der Waals surface area contributed by atoms with Crippen molar-refractivity contribution in [2.75, 3.05) is 12.4 Å². The molecule has 0 saturated carbocycles. The van der Waals surface area contributed by atoms with Crippen LogP contribution in [-0.2, 0) is 6.18 Å². The number of alkyl halides is 3. The van der Waals surface area contributed by atoms with E-state index in [-0.39, 0.29) is 0 Å². The summed E-state index contributed by atoms with van der Waals surface area (Å²) in [4.78, 5) is 10.8. The van der Waals surface area contributed by atoms with Crippen LogP contribution >= 0.6 is 0 Å². The van der Waals surface area contributed by atoms with E-state index in [1.54, 1.807) is 19.3 Å². The van der Waals surface area contributed by atoms with Crippen LogP contribution in [-0.4, -0.2) is 22.0 Å². The van der Waals surface area contributed by atoms with Gasteiger partial charge in [-0.2, -0.15) is 13.2 Å². The van der Waals surface area contributed by atoms with E-state index >= 15 is 0 Å². The molecule has 0 aliphatic heterocycles. The first-order valence-electron chi connectivity index (χ1n) is 6.18. The molecule has 0 aliphatic carbocycles. The maximum Gasteiger partial charge on any atom is 0.433 e. The number of rotatable bonds is 2. The van der Waals surface area contributed by atoms with Gasteiger partial charge in [-0.15, -0.1) is 0 Å². The van der Waals surface area contributed by atoms with Gasteiger partial charge in [0.15, 0.2) is 0 Å². The van der Waals surface area contributed by atoms with Crippen molar-refractivity contribution in [3.05, 3.63) is 42.4 Å². The van der Waals surface area contributed by atoms with Gasteiger partial charge in [-0.3, -0.25) is 4.98 Å². The molecule has 2 N–H and O–H groups in total. The molecule has 0 amide bonds. The highest BCUT2D eigenvalue weighted by atomic mass is 19.4. The van der Waals surface area contributed by atoms with Gasteiger partial charge in [0.05, 0.1) is 0 Å². The summed E-state index contributed by atoms with van der Waals surface area (Å²) >= 11 is 0. The van der Waals surface area contributed by atoms with E-state index in [4.69, 9.17) is 0 Å². The fourth-order valence-electron chi connectivity index (χ4n) is 2.13. The molecule has 0 aliphatic rings. The minimum atomic E-state index is -4.43. The number of H-pyrrole nitrogens is 1. The number of aromatic nitrogens is 3. The van der Waals surface area contributed by atoms with E-state index in [0.29, 0.717) is 17.0 Å². The van der Waals surface area contributed by atoms with Crippen LogP contribution in [0, 0.1) is 0 Å². The third-order valence-electron chi connectivity index (χ3n) is 3.15. The first-order valence-corrected chi connectivity index (χ1v) is 6.18. The molecule has 3 aromatic rings. The average Bonchev–Trinajstić information content (AvgIpc) is 2.93. The number of pyridine rings is 2. The Morgan fingerprint density at radius 2 is 2.00 bits per heavy atom. The van der Waals surface area contributed by atoms with Gasteiger partial charge >= 0.3 is 6.18 Å². The largest absolute Gasteiger partial charge is 0.433 e. The zero-order valence-electron chi connectivity index (χ0n) is 11.0. The van der Waals surface area contributed by atoms with Crippen LogP contribution < -0.4 is 5.32 Å². The van der Waals surface area contributed by atoms with Crippen molar-refractivity contribution in [1.82, 2.24) is 15.0 Å². The zero-order chi connectivity index (χ0) is 15.0. The van der Waals surface area contributed by atoms with Gasteiger partial charge in [-0.05, 0) is 23.8 Å². The quantitative estimate of drug-likeness (QED) is 0.757. The number of hydrogen-bond donors (Lipinski definition) is 2. The van der Waals surface area contributed by atoms with Crippen LogP contribution in [0.3, 0.4) is 0 Å². The SMILES string of the molecule is CNc1cc(-c2ccc(C(F)(F)F)nc2)c2cc[nH]c2n1. The van der Waals surface area contributed by atoms with Crippen LogP contribution in [0.4, 0.5) is 19.0 Å². The minimum Gasteiger partial charge on any atom is -0.373 e. The van der Waals surface area contributed by atoms with Gasteiger partial charge in [0.1, 0.15) is 17.2 Å². The molecule has 0 radical (unpaired) electrons. The lowest BCUT2D eigenvalue weighted by molar-refractivity contribution is -0.141. The van der Waals surface area contributed by atoms with Crippen molar-refractivity contribution in [1.29, 1.82) is 0 Å². The van der Waals surface area contributed by atoms with Crippen LogP contribution in [0.1, 0.15) is 5.69 Å². The Kier molecular flexibility index (Phi) is 3.04. The molecular formula is C14H11F3N4. The highest BCUT2D eigenvalue weighted by molar-refractivity contribution is 5.94. The molecular weight excluding hydrogens is 281 g/mol. The predicted molar refractivity (Wildman–Crippen MR) is 73.9 cm³/mol. The Bertz CT molecular complexity index is 775. The molecule has 0 fully saturated rings. The number of anilines is 1. The van der Waals surface area contributed by atoms with E-state index in [9.17, 15) is 13.2 Å². The number of halogens is 3. The fraction of sp³-hybridized carbons (Fsp3) is 0.143. The van der Waals surface area contributed by atoms with Gasteiger partial charge in [0.25, 0.3) is 0 Å². The van der Waals surface area contributed by atoms with Crippen LogP contribution in [0.5, 0.6) is 0 Å². The highest BCUT2D eigenvalue weighted by Gasteiger charge is 2.32. The Morgan fingerprint density at radius 3 is 2.62 bits per heavy atom. The van der Waals surface area contributed by atoms with Gasteiger partial charge < -0.3 is 10.3 Å². The van der Waals surface area contributed by atoms with Crippen molar-refractivity contribution in [3.8, 4) is 11.1 Å². The lowest BCUT2D eigenvalue weighted by Crippen LogP contribution is -2.07. The van der Waals surface area contributed by atoms with Crippen molar-refractivity contribution < 1.29 is 13.2 Å². The number of fused-ring (bicyclic) bond motifs is 1. The summed E-state index contributed by atoms with van der Waals surface area (Å²) in [6.07, 6.45) is -1.47. The smallest absolute Gasteiger partial charge is 0.373 e. The highest BCUT2D eigenvalue weighted by Crippen LogP contribution is 2.32. The van der Waals surface area contributed by atoms with Crippen molar-refractivity contribution >= 4 is 16.9 Å². The second kappa shape index (κ2) is 4.76. The van der Waals surface area contributed by atoms with E-state index in [1.807, 2.05) is 6.07 Å². The van der Waals surface area contributed by atoms with Gasteiger partial charge in [0, 0.05) is 30.4 Å². The molecule has 0 spiro atoms. The monoisotopic (exact) mass is 292 g/mol. The summed E-state index contributed by atoms with van der Waals surface area (Å²) in [6.45, 7) is 0. The second-order valence-electron chi connectivity index (χ2n) is 4.47. The lowest BCUT2D eigenvalue weighted by atomic mass is 10.1. The van der Waals surface area contributed by atoms with Crippen LogP contribution in [0.15, 0.2) is 36.7 Å². The maximum atomic E-state index is 12.6. The summed E-state index contributed by atoms with van der Waals surface area (Å²) in [6, 6.07) is 6.00. The number of aromatic amines is 1. The van der Waals surface area contributed by atoms with Crippen LogP contribution in [0.25, 0.3) is 22.2 Å². The Labute approximate surface area is 118 Å². The summed E-state index contributed by atoms with van der Waals surface area (Å²) in [5.74, 6) is 0.625. The van der Waals surface area contributed by atoms with E-state index < -0.39 is 11.9 Å². The topological polar surface area (TPSA) is 53.6 Å². The molecule has 0 saturated heterocycles. The van der Waals surface area contributed by atoms with Gasteiger partial charge in [-0.25, -0.2) is 4.98 Å². The zero-order valence-corrected chi connectivity index (χ0v) is 11.0. The molecule has 0 bridgehead atoms. The molecule has 4 nitrogen and oxygen atoms in total. The van der Waals surface area contributed by atoms with E-state index in [2.05, 4.69) is 20.3 Å². The third-order valence-corrected chi connectivity index (χ3v) is 3.15. The molecule has 3 aromatic heterocycles. The lowest BCUT2D eigenvalue weighted by Gasteiger charge is -2.09. The number of nitrogens with one attached hydrogen (secondary N) is 2. The molecule has 0 atom stereocenters. The summed E-state index contributed by atoms with van der Waals surface area (Å²) in [7, 11) is 1.73. The molecule has 7 heteroatoms. The minimum absolute atomic E-state index is 0.603. The maximum absolute atomic E-state index is 12.6. The second-order valence-corrected chi connectivity index (χ2v) is 4.47. The van der Waals surface area contributed by atoms with Crippen molar-refractivity contribution in [2.45, 2.75) is 6.18 Å². The molecule has 21 heavy (non-hydrogen) atoms. The number of nitrogens with zero attached hydrogens (tertiary/aromatic N) is 2. The summed E-state index contributed by atoms with van der Waals surface area (Å²) in [5, 5.41) is 3.75. The first-order chi connectivity index (χ1) is 9.99. The summed E-state index contributed by atoms with van der Waals surface area (Å²) < 4.78 is 37.7. The third kappa shape index (κ3) is 2.42. The van der Waals surface area contributed by atoms with Crippen LogP contribution in [0.2, 0.25) is 0 Å². The molecule has 3 rings (SSSR count). The number of hydrogen-bond acceptors (Lipinski definition) is 3. The molecule has 0 unspecified atom stereocenters. The molecule has 3 heterocycles. The summed E-state index contributed by atoms with van der Waals surface area (Å²) in [5.41, 5.74) is 1.13. The molecule has 108 valence electrons. The van der Waals surface area contributed by atoms with E-state index in [1.165, 1.54) is 12.3 Å². The van der Waals surface area contributed by atoms with Crippen molar-refractivity contribution in [3.63, 3.8) is 0 Å². The fourth-order valence-corrected chi connectivity index (χ4v) is 2.13. The normalized spacial score (nSPS) is 11.8. The Hall–Kier alpha value is -2.57. The van der Waals surface area contributed by atoms with Crippen molar-refractivity contribution in [2.24, 2.45) is 0 Å². The first kappa shape index (κ1) is 13.4. The molecule has 0 aromatic carbocycles. The van der Waals surface area contributed by atoms with E-state index in [0.717, 1.165) is 17.0 Å². The Balaban J connectivity index is 2.13. The average molecular weight is 292 g/mol. The Morgan fingerprint density at radius 1 is 1.19 bits per heavy atom. The standard InChI is InChI=1S/C14H11F3N4/c1-18-12-6-10(9-4-5-19-13(9)21-12)8-2-3-11(20-7-8)14(15,16)17/h2-7H,1H3,(H2,18,19,21). The van der Waals surface area contributed by atoms with Gasteiger partial charge in [0.2, 0.25) is 0 Å². The predicted octanol–water partition coefficient (Wildman–Crippen LogP) is 3.69. The van der Waals surface area contributed by atoms with Gasteiger partial charge in [-0.1, -0.05) is 6.07 Å².